The molecule has 0 saturated carbocycles. The van der Waals surface area contributed by atoms with Gasteiger partial charge in [-0.3, -0.25) is 0 Å². The standard InChI is InChI=1S/C14H10BrN3/c15-12-2-5-13(6-3-12)18-14-4-1-10-8-16-17-9-11(10)7-14/h1-9,18H. The van der Waals surface area contributed by atoms with Crippen LogP contribution in [-0.2, 0) is 0 Å². The van der Waals surface area contributed by atoms with Crippen LogP contribution in [0.1, 0.15) is 0 Å². The van der Waals surface area contributed by atoms with Crippen LogP contribution in [0.2, 0.25) is 0 Å². The first-order valence-electron chi connectivity index (χ1n) is 5.54. The van der Waals surface area contributed by atoms with Crippen molar-refractivity contribution in [3.63, 3.8) is 0 Å². The molecule has 0 unspecified atom stereocenters. The fraction of sp³-hybridized carbons (Fsp3) is 0. The van der Waals surface area contributed by atoms with E-state index in [1.165, 1.54) is 0 Å². The van der Waals surface area contributed by atoms with Crippen molar-refractivity contribution in [2.45, 2.75) is 0 Å². The lowest BCUT2D eigenvalue weighted by molar-refractivity contribution is 1.05. The Kier molecular flexibility index (Phi) is 2.94. The second-order valence-corrected chi connectivity index (χ2v) is 4.88. The summed E-state index contributed by atoms with van der Waals surface area (Å²) in [4.78, 5) is 0. The maximum absolute atomic E-state index is 3.89. The monoisotopic (exact) mass is 299 g/mol. The molecule has 1 heterocycles. The molecule has 3 aromatic rings. The summed E-state index contributed by atoms with van der Waals surface area (Å²) in [5.41, 5.74) is 2.09. The molecule has 0 atom stereocenters. The third-order valence-electron chi connectivity index (χ3n) is 2.68. The molecule has 4 heteroatoms. The number of halogens is 1. The summed E-state index contributed by atoms with van der Waals surface area (Å²) >= 11 is 3.42. The Labute approximate surface area is 113 Å². The van der Waals surface area contributed by atoms with Crippen molar-refractivity contribution in [3.05, 3.63) is 59.3 Å². The number of aromatic nitrogens is 2. The average molecular weight is 300 g/mol. The first-order chi connectivity index (χ1) is 8.81. The minimum atomic E-state index is 1.04. The number of hydrogen-bond donors (Lipinski definition) is 1. The molecule has 0 aliphatic rings. The van der Waals surface area contributed by atoms with Gasteiger partial charge < -0.3 is 5.32 Å². The zero-order chi connectivity index (χ0) is 12.4. The van der Waals surface area contributed by atoms with Crippen LogP contribution in [0.25, 0.3) is 10.8 Å². The maximum Gasteiger partial charge on any atom is 0.0575 e. The van der Waals surface area contributed by atoms with E-state index in [-0.39, 0.29) is 0 Å². The third kappa shape index (κ3) is 2.33. The van der Waals surface area contributed by atoms with Crippen LogP contribution in [0, 0.1) is 0 Å². The highest BCUT2D eigenvalue weighted by molar-refractivity contribution is 9.10. The van der Waals surface area contributed by atoms with Gasteiger partial charge >= 0.3 is 0 Å². The van der Waals surface area contributed by atoms with Crippen molar-refractivity contribution in [2.75, 3.05) is 5.32 Å². The predicted octanol–water partition coefficient (Wildman–Crippen LogP) is 4.14. The fourth-order valence-electron chi connectivity index (χ4n) is 1.77. The zero-order valence-electron chi connectivity index (χ0n) is 9.47. The fourth-order valence-corrected chi connectivity index (χ4v) is 2.04. The highest BCUT2D eigenvalue weighted by atomic mass is 79.9. The molecule has 0 saturated heterocycles. The van der Waals surface area contributed by atoms with Crippen LogP contribution in [0.15, 0.2) is 59.3 Å². The van der Waals surface area contributed by atoms with Crippen LogP contribution in [-0.4, -0.2) is 10.2 Å². The van der Waals surface area contributed by atoms with E-state index in [9.17, 15) is 0 Å². The Balaban J connectivity index is 1.92. The number of benzene rings is 2. The normalized spacial score (nSPS) is 10.5. The van der Waals surface area contributed by atoms with Gasteiger partial charge in [0.15, 0.2) is 0 Å². The van der Waals surface area contributed by atoms with Crippen LogP contribution < -0.4 is 5.32 Å². The molecule has 1 N–H and O–H groups in total. The topological polar surface area (TPSA) is 37.8 Å². The predicted molar refractivity (Wildman–Crippen MR) is 77.0 cm³/mol. The quantitative estimate of drug-likeness (QED) is 0.773. The lowest BCUT2D eigenvalue weighted by Gasteiger charge is -2.07. The molecule has 2 aromatic carbocycles. The highest BCUT2D eigenvalue weighted by Gasteiger charge is 1.98. The molecule has 0 aliphatic carbocycles. The minimum Gasteiger partial charge on any atom is -0.356 e. The molecule has 3 rings (SSSR count). The maximum atomic E-state index is 3.89. The molecule has 0 bridgehead atoms. The molecule has 0 aliphatic heterocycles. The lowest BCUT2D eigenvalue weighted by Crippen LogP contribution is -1.90. The van der Waals surface area contributed by atoms with Crippen molar-refractivity contribution in [2.24, 2.45) is 0 Å². The van der Waals surface area contributed by atoms with Crippen molar-refractivity contribution in [1.29, 1.82) is 0 Å². The highest BCUT2D eigenvalue weighted by Crippen LogP contribution is 2.22. The van der Waals surface area contributed by atoms with Gasteiger partial charge in [-0.05, 0) is 36.4 Å². The van der Waals surface area contributed by atoms with Gasteiger partial charge in [0, 0.05) is 26.6 Å². The minimum absolute atomic E-state index is 1.04. The largest absolute Gasteiger partial charge is 0.356 e. The Morgan fingerprint density at radius 3 is 2.22 bits per heavy atom. The van der Waals surface area contributed by atoms with Gasteiger partial charge in [0.1, 0.15) is 0 Å². The van der Waals surface area contributed by atoms with Gasteiger partial charge in [-0.25, -0.2) is 0 Å². The zero-order valence-corrected chi connectivity index (χ0v) is 11.1. The van der Waals surface area contributed by atoms with Crippen molar-refractivity contribution in [3.8, 4) is 0 Å². The average Bonchev–Trinajstić information content (AvgIpc) is 2.41. The summed E-state index contributed by atoms with van der Waals surface area (Å²) in [7, 11) is 0. The van der Waals surface area contributed by atoms with Crippen molar-refractivity contribution >= 4 is 38.1 Å². The van der Waals surface area contributed by atoms with Crippen LogP contribution in [0.3, 0.4) is 0 Å². The smallest absolute Gasteiger partial charge is 0.0575 e. The summed E-state index contributed by atoms with van der Waals surface area (Å²) in [5.74, 6) is 0. The van der Waals surface area contributed by atoms with E-state index in [0.717, 1.165) is 26.6 Å². The molecule has 0 spiro atoms. The van der Waals surface area contributed by atoms with Crippen molar-refractivity contribution in [1.82, 2.24) is 10.2 Å². The molecule has 0 radical (unpaired) electrons. The number of anilines is 2. The van der Waals surface area contributed by atoms with Gasteiger partial charge in [0.2, 0.25) is 0 Å². The number of nitrogens with zero attached hydrogens (tertiary/aromatic N) is 2. The second-order valence-electron chi connectivity index (χ2n) is 3.96. The Hall–Kier alpha value is -1.94. The van der Waals surface area contributed by atoms with E-state index in [0.29, 0.717) is 0 Å². The number of rotatable bonds is 2. The summed E-state index contributed by atoms with van der Waals surface area (Å²) in [6, 6.07) is 14.2. The Morgan fingerprint density at radius 2 is 1.44 bits per heavy atom. The molecule has 88 valence electrons. The molecule has 3 nitrogen and oxygen atoms in total. The lowest BCUT2D eigenvalue weighted by atomic mass is 10.2. The Morgan fingerprint density at radius 1 is 0.778 bits per heavy atom. The molecule has 1 aromatic heterocycles. The summed E-state index contributed by atoms with van der Waals surface area (Å²) in [6.45, 7) is 0. The van der Waals surface area contributed by atoms with Crippen LogP contribution in [0.5, 0.6) is 0 Å². The van der Waals surface area contributed by atoms with E-state index in [4.69, 9.17) is 0 Å². The first-order valence-corrected chi connectivity index (χ1v) is 6.34. The molecular weight excluding hydrogens is 290 g/mol. The first kappa shape index (κ1) is 11.2. The van der Waals surface area contributed by atoms with Crippen LogP contribution >= 0.6 is 15.9 Å². The van der Waals surface area contributed by atoms with Gasteiger partial charge in [-0.2, -0.15) is 10.2 Å². The SMILES string of the molecule is Brc1ccc(Nc2ccc3cnncc3c2)cc1. The summed E-state index contributed by atoms with van der Waals surface area (Å²) in [5, 5.41) is 13.3. The molecule has 18 heavy (non-hydrogen) atoms. The van der Waals surface area contributed by atoms with Gasteiger partial charge in [-0.1, -0.05) is 22.0 Å². The second kappa shape index (κ2) is 4.74. The molecular formula is C14H10BrN3. The molecule has 0 fully saturated rings. The summed E-state index contributed by atoms with van der Waals surface area (Å²) in [6.07, 6.45) is 3.53. The Bertz CT molecular complexity index is 680. The van der Waals surface area contributed by atoms with Gasteiger partial charge in [0.25, 0.3) is 0 Å². The van der Waals surface area contributed by atoms with E-state index in [1.807, 2.05) is 36.4 Å². The van der Waals surface area contributed by atoms with E-state index in [2.05, 4.69) is 37.5 Å². The van der Waals surface area contributed by atoms with E-state index in [1.54, 1.807) is 12.4 Å². The van der Waals surface area contributed by atoms with Crippen molar-refractivity contribution < 1.29 is 0 Å². The van der Waals surface area contributed by atoms with Crippen LogP contribution in [0.4, 0.5) is 11.4 Å². The van der Waals surface area contributed by atoms with E-state index >= 15 is 0 Å². The van der Waals surface area contributed by atoms with E-state index < -0.39 is 0 Å². The number of hydrogen-bond acceptors (Lipinski definition) is 3. The molecule has 0 amide bonds. The summed E-state index contributed by atoms with van der Waals surface area (Å²) < 4.78 is 1.07. The number of nitrogens with one attached hydrogen (secondary N) is 1. The van der Waals surface area contributed by atoms with Gasteiger partial charge in [0.05, 0.1) is 12.4 Å². The third-order valence-corrected chi connectivity index (χ3v) is 3.21. The number of fused-ring (bicyclic) bond motifs is 1. The van der Waals surface area contributed by atoms with Gasteiger partial charge in [-0.15, -0.1) is 0 Å².